The first-order valence-corrected chi connectivity index (χ1v) is 4.50. The van der Waals surface area contributed by atoms with Gasteiger partial charge in [0.2, 0.25) is 0 Å². The fraction of sp³-hybridized carbons (Fsp3) is 1.00. The van der Waals surface area contributed by atoms with Gasteiger partial charge in [0, 0.05) is 19.6 Å². The summed E-state index contributed by atoms with van der Waals surface area (Å²) in [6.07, 6.45) is -0.0891. The van der Waals surface area contributed by atoms with E-state index in [4.69, 9.17) is 0 Å². The average molecular weight is 157 g/mol. The molecule has 1 fully saturated rings. The number of aliphatic hydroxyl groups excluding tert-OH is 1. The third-order valence-corrected chi connectivity index (χ3v) is 2.27. The number of β-amino-alcohol motifs (C(OH)–C–C–N with tert-alkyl or cyclic N) is 1. The summed E-state index contributed by atoms with van der Waals surface area (Å²) < 4.78 is 0. The average Bonchev–Trinajstić information content (AvgIpc) is 2.10. The van der Waals surface area contributed by atoms with Crippen LogP contribution >= 0.6 is 0 Å². The third kappa shape index (κ3) is 2.46. The highest BCUT2D eigenvalue weighted by Crippen LogP contribution is 2.16. The van der Waals surface area contributed by atoms with Crippen molar-refractivity contribution in [3.63, 3.8) is 0 Å². The minimum absolute atomic E-state index is 0.0891. The molecule has 66 valence electrons. The molecule has 1 N–H and O–H groups in total. The molecule has 2 unspecified atom stereocenters. The van der Waals surface area contributed by atoms with Crippen molar-refractivity contribution in [2.75, 3.05) is 19.6 Å². The summed E-state index contributed by atoms with van der Waals surface area (Å²) in [6.45, 7) is 9.62. The van der Waals surface area contributed by atoms with E-state index in [1.165, 1.54) is 0 Å². The van der Waals surface area contributed by atoms with Crippen LogP contribution in [0.15, 0.2) is 0 Å². The lowest BCUT2D eigenvalue weighted by atomic mass is 10.1. The van der Waals surface area contributed by atoms with Crippen LogP contribution in [-0.2, 0) is 0 Å². The Balaban J connectivity index is 2.29. The molecule has 1 aliphatic rings. The van der Waals surface area contributed by atoms with Gasteiger partial charge in [-0.25, -0.2) is 0 Å². The number of rotatable bonds is 2. The molecule has 0 aliphatic carbocycles. The van der Waals surface area contributed by atoms with E-state index in [0.29, 0.717) is 11.8 Å². The Labute approximate surface area is 69.2 Å². The first-order valence-electron chi connectivity index (χ1n) is 4.50. The van der Waals surface area contributed by atoms with Crippen LogP contribution in [0.5, 0.6) is 0 Å². The summed E-state index contributed by atoms with van der Waals surface area (Å²) in [4.78, 5) is 2.35. The number of likely N-dealkylation sites (tertiary alicyclic amines) is 1. The molecular weight excluding hydrogens is 138 g/mol. The SMILES string of the molecule is CC(C)CN1CC(C)C(O)C1. The lowest BCUT2D eigenvalue weighted by Gasteiger charge is -2.16. The summed E-state index contributed by atoms with van der Waals surface area (Å²) in [5.74, 6) is 1.18. The van der Waals surface area contributed by atoms with Crippen molar-refractivity contribution in [2.24, 2.45) is 11.8 Å². The molecule has 2 nitrogen and oxygen atoms in total. The van der Waals surface area contributed by atoms with Gasteiger partial charge in [0.05, 0.1) is 6.10 Å². The second kappa shape index (κ2) is 3.55. The topological polar surface area (TPSA) is 23.5 Å². The summed E-state index contributed by atoms with van der Waals surface area (Å²) >= 11 is 0. The fourth-order valence-corrected chi connectivity index (χ4v) is 1.71. The van der Waals surface area contributed by atoms with Crippen LogP contribution in [0.3, 0.4) is 0 Å². The van der Waals surface area contributed by atoms with Gasteiger partial charge in [0.25, 0.3) is 0 Å². The number of hydrogen-bond donors (Lipinski definition) is 1. The largest absolute Gasteiger partial charge is 0.391 e. The summed E-state index contributed by atoms with van der Waals surface area (Å²) in [6, 6.07) is 0. The van der Waals surface area contributed by atoms with E-state index < -0.39 is 0 Å². The smallest absolute Gasteiger partial charge is 0.0704 e. The van der Waals surface area contributed by atoms with Crippen LogP contribution in [0, 0.1) is 11.8 Å². The van der Waals surface area contributed by atoms with Crippen molar-refractivity contribution >= 4 is 0 Å². The maximum Gasteiger partial charge on any atom is 0.0704 e. The molecule has 0 aromatic rings. The van der Waals surface area contributed by atoms with Crippen LogP contribution in [0.2, 0.25) is 0 Å². The first-order chi connectivity index (χ1) is 5.09. The molecule has 11 heavy (non-hydrogen) atoms. The van der Waals surface area contributed by atoms with Crippen LogP contribution < -0.4 is 0 Å². The maximum absolute atomic E-state index is 9.44. The van der Waals surface area contributed by atoms with Gasteiger partial charge < -0.3 is 10.0 Å². The quantitative estimate of drug-likeness (QED) is 0.645. The maximum atomic E-state index is 9.44. The highest BCUT2D eigenvalue weighted by atomic mass is 16.3. The van der Waals surface area contributed by atoms with Crippen molar-refractivity contribution in [3.8, 4) is 0 Å². The Bertz CT molecular complexity index is 112. The lowest BCUT2D eigenvalue weighted by molar-refractivity contribution is 0.147. The van der Waals surface area contributed by atoms with E-state index in [0.717, 1.165) is 19.6 Å². The van der Waals surface area contributed by atoms with E-state index in [9.17, 15) is 5.11 Å². The van der Waals surface area contributed by atoms with Gasteiger partial charge in [-0.15, -0.1) is 0 Å². The van der Waals surface area contributed by atoms with E-state index in [-0.39, 0.29) is 6.10 Å². The molecule has 2 atom stereocenters. The van der Waals surface area contributed by atoms with Crippen molar-refractivity contribution in [1.82, 2.24) is 4.90 Å². The van der Waals surface area contributed by atoms with Gasteiger partial charge in [-0.1, -0.05) is 20.8 Å². The zero-order chi connectivity index (χ0) is 8.43. The predicted octanol–water partition coefficient (Wildman–Crippen LogP) is 0.955. The van der Waals surface area contributed by atoms with Gasteiger partial charge in [0.15, 0.2) is 0 Å². The standard InChI is InChI=1S/C9H19NO/c1-7(2)4-10-5-8(3)9(11)6-10/h7-9,11H,4-6H2,1-3H3. The number of nitrogens with zero attached hydrogens (tertiary/aromatic N) is 1. The van der Waals surface area contributed by atoms with E-state index >= 15 is 0 Å². The molecule has 1 saturated heterocycles. The van der Waals surface area contributed by atoms with E-state index in [2.05, 4.69) is 25.7 Å². The zero-order valence-electron chi connectivity index (χ0n) is 7.75. The van der Waals surface area contributed by atoms with Gasteiger partial charge >= 0.3 is 0 Å². The Morgan fingerprint density at radius 3 is 2.45 bits per heavy atom. The van der Waals surface area contributed by atoms with Crippen molar-refractivity contribution < 1.29 is 5.11 Å². The monoisotopic (exact) mass is 157 g/mol. The van der Waals surface area contributed by atoms with Crippen molar-refractivity contribution in [2.45, 2.75) is 26.9 Å². The lowest BCUT2D eigenvalue weighted by Crippen LogP contribution is -2.26. The number of aliphatic hydroxyl groups is 1. The van der Waals surface area contributed by atoms with Crippen molar-refractivity contribution in [1.29, 1.82) is 0 Å². The predicted molar refractivity (Wildman–Crippen MR) is 46.4 cm³/mol. The molecule has 0 saturated carbocycles. The molecule has 2 heteroatoms. The molecule has 1 heterocycles. The van der Waals surface area contributed by atoms with Gasteiger partial charge in [-0.05, 0) is 11.8 Å². The molecule has 0 bridgehead atoms. The summed E-state index contributed by atoms with van der Waals surface area (Å²) in [7, 11) is 0. The normalized spacial score (nSPS) is 33.5. The van der Waals surface area contributed by atoms with Crippen LogP contribution in [-0.4, -0.2) is 35.7 Å². The zero-order valence-corrected chi connectivity index (χ0v) is 7.75. The van der Waals surface area contributed by atoms with Crippen molar-refractivity contribution in [3.05, 3.63) is 0 Å². The van der Waals surface area contributed by atoms with E-state index in [1.807, 2.05) is 0 Å². The molecule has 0 radical (unpaired) electrons. The molecular formula is C9H19NO. The molecule has 0 aromatic carbocycles. The second-order valence-electron chi connectivity index (χ2n) is 4.16. The molecule has 1 rings (SSSR count). The van der Waals surface area contributed by atoms with Gasteiger partial charge in [0.1, 0.15) is 0 Å². The van der Waals surface area contributed by atoms with Crippen LogP contribution in [0.25, 0.3) is 0 Å². The molecule has 0 amide bonds. The first kappa shape index (κ1) is 9.01. The Kier molecular flexibility index (Phi) is 2.90. The van der Waals surface area contributed by atoms with Crippen LogP contribution in [0.4, 0.5) is 0 Å². The van der Waals surface area contributed by atoms with Gasteiger partial charge in [-0.3, -0.25) is 0 Å². The Hall–Kier alpha value is -0.0800. The van der Waals surface area contributed by atoms with Crippen LogP contribution in [0.1, 0.15) is 20.8 Å². The summed E-state index contributed by atoms with van der Waals surface area (Å²) in [5, 5.41) is 9.44. The van der Waals surface area contributed by atoms with E-state index in [1.54, 1.807) is 0 Å². The Morgan fingerprint density at radius 1 is 1.45 bits per heavy atom. The molecule has 0 spiro atoms. The fourth-order valence-electron chi connectivity index (χ4n) is 1.71. The number of hydrogen-bond acceptors (Lipinski definition) is 2. The minimum Gasteiger partial charge on any atom is -0.391 e. The minimum atomic E-state index is -0.0891. The highest BCUT2D eigenvalue weighted by molar-refractivity contribution is 4.80. The third-order valence-electron chi connectivity index (χ3n) is 2.27. The summed E-state index contributed by atoms with van der Waals surface area (Å²) in [5.41, 5.74) is 0. The molecule has 0 aromatic heterocycles. The highest BCUT2D eigenvalue weighted by Gasteiger charge is 2.27. The Morgan fingerprint density at radius 2 is 2.09 bits per heavy atom. The second-order valence-corrected chi connectivity index (χ2v) is 4.16. The van der Waals surface area contributed by atoms with Gasteiger partial charge in [-0.2, -0.15) is 0 Å². The molecule has 1 aliphatic heterocycles.